The maximum atomic E-state index is 4.41. The average Bonchev–Trinajstić information content (AvgIpc) is 2.39. The molecule has 1 aromatic heterocycles. The topological polar surface area (TPSA) is 29.9 Å². The van der Waals surface area contributed by atoms with E-state index in [-0.39, 0.29) is 5.54 Å². The van der Waals surface area contributed by atoms with Gasteiger partial charge in [0.2, 0.25) is 0 Å². The van der Waals surface area contributed by atoms with Gasteiger partial charge in [-0.25, -0.2) is 0 Å². The van der Waals surface area contributed by atoms with Crippen molar-refractivity contribution in [3.05, 3.63) is 17.5 Å². The van der Waals surface area contributed by atoms with Crippen molar-refractivity contribution in [2.24, 2.45) is 12.5 Å². The fraction of sp³-hybridized carbons (Fsp3) is 0.800. The second-order valence-electron chi connectivity index (χ2n) is 7.33. The van der Waals surface area contributed by atoms with E-state index in [4.69, 9.17) is 0 Å². The quantitative estimate of drug-likeness (QED) is 0.886. The van der Waals surface area contributed by atoms with Crippen molar-refractivity contribution in [3.8, 4) is 0 Å². The number of hydrogen-bond donors (Lipinski definition) is 1. The zero-order valence-electron chi connectivity index (χ0n) is 13.3. The fourth-order valence-electron chi connectivity index (χ4n) is 3.08. The number of rotatable bonds is 4. The van der Waals surface area contributed by atoms with Crippen LogP contribution in [-0.4, -0.2) is 15.3 Å². The van der Waals surface area contributed by atoms with Gasteiger partial charge in [-0.1, -0.05) is 20.8 Å². The van der Waals surface area contributed by atoms with Crippen LogP contribution in [0, 0.1) is 12.3 Å². The smallest absolute Gasteiger partial charge is 0.0641 e. The van der Waals surface area contributed by atoms with E-state index in [1.165, 1.54) is 5.56 Å². The van der Waals surface area contributed by atoms with E-state index in [1.54, 1.807) is 0 Å². The SMILES string of the molecule is Cc1nn(C)cc1C(C)NC(C)(C)CC(C)(C)C. The van der Waals surface area contributed by atoms with Crippen LogP contribution < -0.4 is 5.32 Å². The Bertz CT molecular complexity index is 396. The van der Waals surface area contributed by atoms with Crippen LogP contribution in [0.25, 0.3) is 0 Å². The van der Waals surface area contributed by atoms with Crippen molar-refractivity contribution in [2.75, 3.05) is 0 Å². The standard InChI is InChI=1S/C15H29N3/c1-11(13-9-18(8)17-12(13)2)16-15(6,7)10-14(3,4)5/h9,11,16H,10H2,1-8H3. The second-order valence-corrected chi connectivity index (χ2v) is 7.33. The van der Waals surface area contributed by atoms with Crippen LogP contribution in [-0.2, 0) is 7.05 Å². The molecule has 0 amide bonds. The molecule has 1 atom stereocenters. The third-order valence-electron chi connectivity index (χ3n) is 3.10. The molecule has 0 aromatic carbocycles. The van der Waals surface area contributed by atoms with Crippen LogP contribution in [0.2, 0.25) is 0 Å². The van der Waals surface area contributed by atoms with Gasteiger partial charge in [0.1, 0.15) is 0 Å². The normalized spacial score (nSPS) is 14.9. The zero-order chi connectivity index (χ0) is 14.1. The van der Waals surface area contributed by atoms with E-state index in [0.29, 0.717) is 11.5 Å². The number of aryl methyl sites for hydroxylation is 2. The van der Waals surface area contributed by atoms with Crippen molar-refractivity contribution in [1.82, 2.24) is 15.1 Å². The van der Waals surface area contributed by atoms with Gasteiger partial charge < -0.3 is 5.32 Å². The highest BCUT2D eigenvalue weighted by Gasteiger charge is 2.27. The first-order valence-corrected chi connectivity index (χ1v) is 6.78. The first-order chi connectivity index (χ1) is 8.00. The van der Waals surface area contributed by atoms with Gasteiger partial charge in [0.05, 0.1) is 5.69 Å². The van der Waals surface area contributed by atoms with E-state index in [0.717, 1.165) is 12.1 Å². The number of aromatic nitrogens is 2. The molecule has 3 nitrogen and oxygen atoms in total. The molecule has 1 N–H and O–H groups in total. The molecule has 0 saturated carbocycles. The Morgan fingerprint density at radius 2 is 1.83 bits per heavy atom. The molecule has 1 heterocycles. The van der Waals surface area contributed by atoms with Crippen molar-refractivity contribution >= 4 is 0 Å². The van der Waals surface area contributed by atoms with Gasteiger partial charge in [-0.3, -0.25) is 4.68 Å². The Balaban J connectivity index is 2.75. The maximum absolute atomic E-state index is 4.41. The Morgan fingerprint density at radius 3 is 2.22 bits per heavy atom. The molecule has 0 radical (unpaired) electrons. The Kier molecular flexibility index (Phi) is 4.26. The largest absolute Gasteiger partial charge is 0.305 e. The van der Waals surface area contributed by atoms with Crippen molar-refractivity contribution < 1.29 is 0 Å². The van der Waals surface area contributed by atoms with Crippen LogP contribution >= 0.6 is 0 Å². The van der Waals surface area contributed by atoms with Gasteiger partial charge in [-0.15, -0.1) is 0 Å². The lowest BCUT2D eigenvalue weighted by atomic mass is 9.81. The van der Waals surface area contributed by atoms with E-state index in [9.17, 15) is 0 Å². The molecule has 104 valence electrons. The zero-order valence-corrected chi connectivity index (χ0v) is 13.3. The van der Waals surface area contributed by atoms with E-state index >= 15 is 0 Å². The summed E-state index contributed by atoms with van der Waals surface area (Å²) in [4.78, 5) is 0. The van der Waals surface area contributed by atoms with Gasteiger partial charge in [0.25, 0.3) is 0 Å². The third kappa shape index (κ3) is 4.45. The minimum atomic E-state index is 0.125. The lowest BCUT2D eigenvalue weighted by Gasteiger charge is -2.36. The molecule has 1 rings (SSSR count). The third-order valence-corrected chi connectivity index (χ3v) is 3.10. The van der Waals surface area contributed by atoms with Crippen molar-refractivity contribution in [3.63, 3.8) is 0 Å². The molecule has 0 bridgehead atoms. The molecule has 0 aliphatic carbocycles. The summed E-state index contributed by atoms with van der Waals surface area (Å²) in [6.45, 7) is 15.7. The summed E-state index contributed by atoms with van der Waals surface area (Å²) in [6, 6.07) is 0.330. The molecule has 0 fully saturated rings. The highest BCUT2D eigenvalue weighted by atomic mass is 15.3. The molecule has 0 aliphatic heterocycles. The molecular weight excluding hydrogens is 222 g/mol. The van der Waals surface area contributed by atoms with Gasteiger partial charge in [-0.2, -0.15) is 5.10 Å². The van der Waals surface area contributed by atoms with E-state index in [2.05, 4.69) is 65.1 Å². The molecule has 0 spiro atoms. The monoisotopic (exact) mass is 251 g/mol. The van der Waals surface area contributed by atoms with Crippen LogP contribution in [0.4, 0.5) is 0 Å². The van der Waals surface area contributed by atoms with Crippen LogP contribution in [0.3, 0.4) is 0 Å². The summed E-state index contributed by atoms with van der Waals surface area (Å²) in [6.07, 6.45) is 3.25. The molecule has 0 aliphatic rings. The molecule has 0 saturated heterocycles. The van der Waals surface area contributed by atoms with Gasteiger partial charge in [-0.05, 0) is 39.5 Å². The predicted octanol–water partition coefficient (Wildman–Crippen LogP) is 3.59. The summed E-state index contributed by atoms with van der Waals surface area (Å²) >= 11 is 0. The Labute approximate surface area is 112 Å². The first kappa shape index (κ1) is 15.2. The summed E-state index contributed by atoms with van der Waals surface area (Å²) in [5, 5.41) is 8.14. The van der Waals surface area contributed by atoms with Gasteiger partial charge >= 0.3 is 0 Å². The van der Waals surface area contributed by atoms with Crippen LogP contribution in [0.1, 0.15) is 65.3 Å². The summed E-state index contributed by atoms with van der Waals surface area (Å²) in [5.41, 5.74) is 2.86. The Morgan fingerprint density at radius 1 is 1.28 bits per heavy atom. The lowest BCUT2D eigenvalue weighted by Crippen LogP contribution is -2.43. The predicted molar refractivity (Wildman–Crippen MR) is 77.6 cm³/mol. The fourth-order valence-corrected chi connectivity index (χ4v) is 3.08. The lowest BCUT2D eigenvalue weighted by molar-refractivity contribution is 0.226. The Hall–Kier alpha value is -0.830. The summed E-state index contributed by atoms with van der Waals surface area (Å²) in [5.74, 6) is 0. The number of hydrogen-bond acceptors (Lipinski definition) is 2. The van der Waals surface area contributed by atoms with Crippen molar-refractivity contribution in [2.45, 2.75) is 66.5 Å². The summed E-state index contributed by atoms with van der Waals surface area (Å²) in [7, 11) is 1.98. The highest BCUT2D eigenvalue weighted by Crippen LogP contribution is 2.29. The molecule has 1 unspecified atom stereocenters. The van der Waals surface area contributed by atoms with Crippen LogP contribution in [0.5, 0.6) is 0 Å². The highest BCUT2D eigenvalue weighted by molar-refractivity contribution is 5.19. The molecule has 18 heavy (non-hydrogen) atoms. The van der Waals surface area contributed by atoms with E-state index in [1.807, 2.05) is 11.7 Å². The number of nitrogens with one attached hydrogen (secondary N) is 1. The van der Waals surface area contributed by atoms with Crippen molar-refractivity contribution in [1.29, 1.82) is 0 Å². The minimum absolute atomic E-state index is 0.125. The first-order valence-electron chi connectivity index (χ1n) is 6.78. The molecular formula is C15H29N3. The maximum Gasteiger partial charge on any atom is 0.0641 e. The average molecular weight is 251 g/mol. The minimum Gasteiger partial charge on any atom is -0.305 e. The molecule has 3 heteroatoms. The molecule has 1 aromatic rings. The number of nitrogens with zero attached hydrogens (tertiary/aromatic N) is 2. The second kappa shape index (κ2) is 5.04. The van der Waals surface area contributed by atoms with Crippen LogP contribution in [0.15, 0.2) is 6.20 Å². The summed E-state index contributed by atoms with van der Waals surface area (Å²) < 4.78 is 1.89. The van der Waals surface area contributed by atoms with Gasteiger partial charge in [0, 0.05) is 30.4 Å². The van der Waals surface area contributed by atoms with Gasteiger partial charge in [0.15, 0.2) is 0 Å². The van der Waals surface area contributed by atoms with E-state index < -0.39 is 0 Å².